The van der Waals surface area contributed by atoms with E-state index in [1.54, 1.807) is 0 Å². The fraction of sp³-hybridized carbons (Fsp3) is 0.941. The molecule has 4 nitrogen and oxygen atoms in total. The molecule has 0 saturated carbocycles. The van der Waals surface area contributed by atoms with Crippen LogP contribution >= 0.6 is 0 Å². The molecule has 22 heavy (non-hydrogen) atoms. The van der Waals surface area contributed by atoms with E-state index in [0.29, 0.717) is 6.61 Å². The second-order valence-electron chi connectivity index (χ2n) is 8.30. The molecule has 0 radical (unpaired) electrons. The Labute approximate surface area is 137 Å². The Kier molecular flexibility index (Phi) is 6.41. The summed E-state index contributed by atoms with van der Waals surface area (Å²) < 4.78 is 17.9. The number of ketones is 1. The molecule has 1 aliphatic heterocycles. The molecule has 1 heterocycles. The van der Waals surface area contributed by atoms with Gasteiger partial charge in [-0.25, -0.2) is 0 Å². The number of Topliss-reactive ketones (excluding diaryl/α,β-unsaturated/α-hetero) is 1. The van der Waals surface area contributed by atoms with Crippen LogP contribution in [0.3, 0.4) is 0 Å². The van der Waals surface area contributed by atoms with Gasteiger partial charge in [0.2, 0.25) is 0 Å². The van der Waals surface area contributed by atoms with E-state index < -0.39 is 14.4 Å². The van der Waals surface area contributed by atoms with Crippen LogP contribution < -0.4 is 0 Å². The second-order valence-corrected chi connectivity index (χ2v) is 13.1. The summed E-state index contributed by atoms with van der Waals surface area (Å²) in [7, 11) is -1.88. The first-order valence-corrected chi connectivity index (χ1v) is 11.3. The Bertz CT molecular complexity index is 387. The van der Waals surface area contributed by atoms with E-state index in [1.165, 1.54) is 0 Å². The van der Waals surface area contributed by atoms with E-state index >= 15 is 0 Å². The first-order valence-electron chi connectivity index (χ1n) is 8.35. The van der Waals surface area contributed by atoms with Crippen LogP contribution in [-0.2, 0) is 18.7 Å². The van der Waals surface area contributed by atoms with Gasteiger partial charge in [0.1, 0.15) is 6.10 Å². The minimum absolute atomic E-state index is 0.0643. The quantitative estimate of drug-likeness (QED) is 0.715. The van der Waals surface area contributed by atoms with Crippen LogP contribution in [0.2, 0.25) is 18.1 Å². The monoisotopic (exact) mass is 330 g/mol. The van der Waals surface area contributed by atoms with Gasteiger partial charge in [-0.1, -0.05) is 34.6 Å². The summed E-state index contributed by atoms with van der Waals surface area (Å²) in [6.45, 7) is 19.2. The van der Waals surface area contributed by atoms with Crippen molar-refractivity contribution in [2.75, 3.05) is 6.61 Å². The predicted molar refractivity (Wildman–Crippen MR) is 91.4 cm³/mol. The fourth-order valence-electron chi connectivity index (χ4n) is 2.19. The smallest absolute Gasteiger partial charge is 0.192 e. The van der Waals surface area contributed by atoms with Crippen molar-refractivity contribution in [1.29, 1.82) is 0 Å². The summed E-state index contributed by atoms with van der Waals surface area (Å²) in [4.78, 5) is 12.5. The topological polar surface area (TPSA) is 44.8 Å². The van der Waals surface area contributed by atoms with Gasteiger partial charge in [0, 0.05) is 11.8 Å². The van der Waals surface area contributed by atoms with Crippen LogP contribution in [0, 0.1) is 11.8 Å². The standard InChI is InChI=1S/C17H34O4Si/c1-11(2)20-16-13(4)12(3)15(18)14(21-16)10-19-22(8,9)17(5,6)7/h11-14,16H,10H2,1-9H3/t12-,13-,14+,16-/m0/s1. The van der Waals surface area contributed by atoms with Crippen molar-refractivity contribution < 1.29 is 18.7 Å². The van der Waals surface area contributed by atoms with Gasteiger partial charge in [0.15, 0.2) is 20.4 Å². The van der Waals surface area contributed by atoms with Gasteiger partial charge in [-0.2, -0.15) is 0 Å². The third-order valence-corrected chi connectivity index (χ3v) is 9.59. The van der Waals surface area contributed by atoms with E-state index in [0.717, 1.165) is 0 Å². The van der Waals surface area contributed by atoms with Crippen LogP contribution in [-0.4, -0.2) is 39.2 Å². The molecule has 0 N–H and O–H groups in total. The average molecular weight is 331 g/mol. The van der Waals surface area contributed by atoms with Crippen LogP contribution in [0.4, 0.5) is 0 Å². The summed E-state index contributed by atoms with van der Waals surface area (Å²) in [5.41, 5.74) is 0. The number of carbonyl (C=O) groups excluding carboxylic acids is 1. The van der Waals surface area contributed by atoms with Crippen molar-refractivity contribution in [3.8, 4) is 0 Å². The Morgan fingerprint density at radius 1 is 1.23 bits per heavy atom. The molecule has 130 valence electrons. The first kappa shape index (κ1) is 19.8. The zero-order chi connectivity index (χ0) is 17.3. The lowest BCUT2D eigenvalue weighted by Crippen LogP contribution is -2.52. The van der Waals surface area contributed by atoms with Crippen molar-refractivity contribution in [3.05, 3.63) is 0 Å². The lowest BCUT2D eigenvalue weighted by atomic mass is 9.86. The highest BCUT2D eigenvalue weighted by Gasteiger charge is 2.43. The van der Waals surface area contributed by atoms with Crippen molar-refractivity contribution in [1.82, 2.24) is 0 Å². The number of hydrogen-bond donors (Lipinski definition) is 0. The molecule has 0 aromatic heterocycles. The van der Waals surface area contributed by atoms with Crippen LogP contribution in [0.1, 0.15) is 48.5 Å². The summed E-state index contributed by atoms with van der Waals surface area (Å²) in [6.07, 6.45) is -0.764. The highest BCUT2D eigenvalue weighted by molar-refractivity contribution is 6.74. The predicted octanol–water partition coefficient (Wildman–Crippen LogP) is 4.00. The third kappa shape index (κ3) is 4.63. The average Bonchev–Trinajstić information content (AvgIpc) is 2.36. The molecule has 1 rings (SSSR count). The van der Waals surface area contributed by atoms with Crippen LogP contribution in [0.25, 0.3) is 0 Å². The van der Waals surface area contributed by atoms with Crippen LogP contribution in [0.5, 0.6) is 0 Å². The Balaban J connectivity index is 2.75. The van der Waals surface area contributed by atoms with E-state index in [4.69, 9.17) is 13.9 Å². The number of ether oxygens (including phenoxy) is 2. The summed E-state index contributed by atoms with van der Waals surface area (Å²) in [6, 6.07) is 0. The minimum atomic E-state index is -1.88. The molecule has 4 atom stereocenters. The van der Waals surface area contributed by atoms with E-state index in [2.05, 4.69) is 33.9 Å². The van der Waals surface area contributed by atoms with Crippen molar-refractivity contribution >= 4 is 14.1 Å². The van der Waals surface area contributed by atoms with E-state index in [9.17, 15) is 4.79 Å². The molecule has 0 aromatic carbocycles. The molecule has 0 bridgehead atoms. The lowest BCUT2D eigenvalue weighted by Gasteiger charge is -2.41. The molecule has 0 aromatic rings. The Hall–Kier alpha value is -0.233. The molecular formula is C17H34O4Si. The molecular weight excluding hydrogens is 296 g/mol. The maximum atomic E-state index is 12.5. The number of rotatable bonds is 5. The Morgan fingerprint density at radius 3 is 2.23 bits per heavy atom. The van der Waals surface area contributed by atoms with Gasteiger partial charge in [-0.05, 0) is 32.0 Å². The van der Waals surface area contributed by atoms with Gasteiger partial charge in [0.05, 0.1) is 12.7 Å². The zero-order valence-corrected chi connectivity index (χ0v) is 16.7. The molecule has 5 heteroatoms. The largest absolute Gasteiger partial charge is 0.414 e. The normalized spacial score (nSPS) is 30.9. The molecule has 1 saturated heterocycles. The van der Waals surface area contributed by atoms with Crippen molar-refractivity contribution in [2.45, 2.75) is 85.1 Å². The second kappa shape index (κ2) is 7.12. The maximum absolute atomic E-state index is 12.5. The third-order valence-electron chi connectivity index (χ3n) is 5.09. The van der Waals surface area contributed by atoms with E-state index in [1.807, 2.05) is 27.7 Å². The molecule has 0 spiro atoms. The van der Waals surface area contributed by atoms with Gasteiger partial charge in [-0.3, -0.25) is 4.79 Å². The Morgan fingerprint density at radius 2 is 1.77 bits per heavy atom. The van der Waals surface area contributed by atoms with Crippen LogP contribution in [0.15, 0.2) is 0 Å². The van der Waals surface area contributed by atoms with E-state index in [-0.39, 0.29) is 35.1 Å². The highest BCUT2D eigenvalue weighted by atomic mass is 28.4. The molecule has 1 aliphatic rings. The number of hydrogen-bond acceptors (Lipinski definition) is 4. The van der Waals surface area contributed by atoms with Crippen molar-refractivity contribution in [3.63, 3.8) is 0 Å². The summed E-state index contributed by atoms with van der Waals surface area (Å²) in [5, 5.41) is 0.122. The lowest BCUT2D eigenvalue weighted by molar-refractivity contribution is -0.239. The van der Waals surface area contributed by atoms with Gasteiger partial charge >= 0.3 is 0 Å². The summed E-state index contributed by atoms with van der Waals surface area (Å²) in [5.74, 6) is 0.138. The number of carbonyl (C=O) groups is 1. The summed E-state index contributed by atoms with van der Waals surface area (Å²) >= 11 is 0. The fourth-order valence-corrected chi connectivity index (χ4v) is 3.19. The van der Waals surface area contributed by atoms with Crippen molar-refractivity contribution in [2.24, 2.45) is 11.8 Å². The zero-order valence-electron chi connectivity index (χ0n) is 15.7. The molecule has 1 fully saturated rings. The first-order chi connectivity index (χ1) is 9.86. The SMILES string of the molecule is CC(C)O[C@H]1O[C@H](CO[Si](C)(C)C(C)(C)C)C(=O)[C@@H](C)[C@@H]1C. The van der Waals surface area contributed by atoms with Gasteiger partial charge in [-0.15, -0.1) is 0 Å². The minimum Gasteiger partial charge on any atom is -0.414 e. The molecule has 0 aliphatic carbocycles. The van der Waals surface area contributed by atoms with Gasteiger partial charge < -0.3 is 13.9 Å². The molecule has 0 amide bonds. The maximum Gasteiger partial charge on any atom is 0.192 e. The highest BCUT2D eigenvalue weighted by Crippen LogP contribution is 2.37. The van der Waals surface area contributed by atoms with Gasteiger partial charge in [0.25, 0.3) is 0 Å². The molecule has 0 unspecified atom stereocenters.